The molecule has 2 fully saturated rings. The van der Waals surface area contributed by atoms with E-state index in [2.05, 4.69) is 0 Å². The van der Waals surface area contributed by atoms with Crippen LogP contribution in [0.15, 0.2) is 0 Å². The lowest BCUT2D eigenvalue weighted by Crippen LogP contribution is -2.60. The summed E-state index contributed by atoms with van der Waals surface area (Å²) < 4.78 is 15.3. The summed E-state index contributed by atoms with van der Waals surface area (Å²) in [5, 5.41) is 76.5. The van der Waals surface area contributed by atoms with E-state index in [1.54, 1.807) is 0 Å². The third kappa shape index (κ3) is 3.36. The van der Waals surface area contributed by atoms with Gasteiger partial charge in [0.05, 0.1) is 19.8 Å². The van der Waals surface area contributed by atoms with E-state index in [4.69, 9.17) is 24.4 Å². The quantitative estimate of drug-likeness (QED) is 0.238. The Labute approximate surface area is 130 Å². The smallest absolute Gasteiger partial charge is 0.219 e. The zero-order valence-electron chi connectivity index (χ0n) is 12.0. The Bertz CT molecular complexity index is 393. The Morgan fingerprint density at radius 2 is 1.48 bits per heavy atom. The van der Waals surface area contributed by atoms with Crippen LogP contribution >= 0.6 is 0 Å². The summed E-state index contributed by atoms with van der Waals surface area (Å²) in [5.74, 6) is -2.37. The average molecular weight is 342 g/mol. The molecule has 8 N–H and O–H groups in total. The molecule has 2 rings (SSSR count). The molecule has 0 radical (unpaired) electrons. The molecule has 23 heavy (non-hydrogen) atoms. The molecule has 0 bridgehead atoms. The summed E-state index contributed by atoms with van der Waals surface area (Å²) in [6.45, 7) is -2.32. The number of ether oxygens (including phenoxy) is 3. The highest BCUT2D eigenvalue weighted by Crippen LogP contribution is 2.33. The Balaban J connectivity index is 2.13. The first kappa shape index (κ1) is 18.9. The van der Waals surface area contributed by atoms with Gasteiger partial charge in [-0.3, -0.25) is 0 Å². The number of hydrogen-bond acceptors (Lipinski definition) is 11. The molecule has 0 aromatic rings. The highest BCUT2D eigenvalue weighted by Gasteiger charge is 2.56. The summed E-state index contributed by atoms with van der Waals surface area (Å²) >= 11 is 0. The van der Waals surface area contributed by atoms with Crippen molar-refractivity contribution in [2.45, 2.75) is 54.8 Å². The van der Waals surface area contributed by atoms with Crippen LogP contribution in [-0.4, -0.2) is 115 Å². The molecule has 0 amide bonds. The number of rotatable bonds is 5. The van der Waals surface area contributed by atoms with Gasteiger partial charge in [0.25, 0.3) is 0 Å². The van der Waals surface area contributed by atoms with Crippen LogP contribution in [0, 0.1) is 0 Å². The van der Waals surface area contributed by atoms with Crippen molar-refractivity contribution in [3.63, 3.8) is 0 Å². The van der Waals surface area contributed by atoms with E-state index in [1.807, 2.05) is 0 Å². The van der Waals surface area contributed by atoms with Crippen molar-refractivity contribution in [3.8, 4) is 0 Å². The minimum Gasteiger partial charge on any atom is -0.394 e. The second kappa shape index (κ2) is 7.21. The first-order chi connectivity index (χ1) is 10.8. The molecule has 11 nitrogen and oxygen atoms in total. The minimum absolute atomic E-state index is 0.668. The molecule has 2 heterocycles. The first-order valence-corrected chi connectivity index (χ1v) is 7.05. The van der Waals surface area contributed by atoms with Gasteiger partial charge < -0.3 is 55.1 Å². The molecule has 2 saturated heterocycles. The van der Waals surface area contributed by atoms with Crippen LogP contribution in [0.2, 0.25) is 0 Å². The normalized spacial score (nSPS) is 51.1. The van der Waals surface area contributed by atoms with Crippen molar-refractivity contribution >= 4 is 0 Å². The van der Waals surface area contributed by atoms with E-state index in [-0.39, 0.29) is 0 Å². The van der Waals surface area contributed by atoms with Crippen LogP contribution in [0.1, 0.15) is 0 Å². The van der Waals surface area contributed by atoms with Gasteiger partial charge in [0, 0.05) is 0 Å². The van der Waals surface area contributed by atoms with Gasteiger partial charge in [-0.1, -0.05) is 0 Å². The average Bonchev–Trinajstić information content (AvgIpc) is 2.80. The zero-order chi connectivity index (χ0) is 17.4. The van der Waals surface area contributed by atoms with Crippen molar-refractivity contribution in [1.29, 1.82) is 0 Å². The lowest BCUT2D eigenvalue weighted by atomic mass is 9.99. The van der Waals surface area contributed by atoms with E-state index in [0.29, 0.717) is 0 Å². The lowest BCUT2D eigenvalue weighted by molar-refractivity contribution is -0.318. The highest BCUT2D eigenvalue weighted by atomic mass is 16.7. The van der Waals surface area contributed by atoms with Crippen molar-refractivity contribution < 1.29 is 55.1 Å². The molecular weight excluding hydrogens is 320 g/mol. The van der Waals surface area contributed by atoms with Gasteiger partial charge in [0.2, 0.25) is 5.79 Å². The van der Waals surface area contributed by atoms with Crippen molar-refractivity contribution in [2.75, 3.05) is 19.8 Å². The molecule has 11 heteroatoms. The van der Waals surface area contributed by atoms with Crippen LogP contribution in [0.5, 0.6) is 0 Å². The third-order valence-corrected chi connectivity index (χ3v) is 4.04. The molecule has 0 saturated carbocycles. The molecule has 5 unspecified atom stereocenters. The van der Waals surface area contributed by atoms with Crippen LogP contribution in [0.25, 0.3) is 0 Å². The molecule has 0 aromatic carbocycles. The Kier molecular flexibility index (Phi) is 5.92. The topological polar surface area (TPSA) is 190 Å². The van der Waals surface area contributed by atoms with Gasteiger partial charge in [-0.15, -0.1) is 0 Å². The second-order valence-electron chi connectivity index (χ2n) is 5.58. The molecule has 0 aliphatic carbocycles. The first-order valence-electron chi connectivity index (χ1n) is 7.05. The second-order valence-corrected chi connectivity index (χ2v) is 5.58. The fraction of sp³-hybridized carbons (Fsp3) is 1.00. The van der Waals surface area contributed by atoms with Crippen LogP contribution in [-0.2, 0) is 14.2 Å². The largest absolute Gasteiger partial charge is 0.394 e. The van der Waals surface area contributed by atoms with Crippen molar-refractivity contribution in [2.24, 2.45) is 0 Å². The number of aliphatic hydroxyl groups is 8. The monoisotopic (exact) mass is 342 g/mol. The molecule has 2 aliphatic heterocycles. The Morgan fingerprint density at radius 3 is 2.00 bits per heavy atom. The Hall–Kier alpha value is -0.440. The predicted octanol–water partition coefficient (Wildman–Crippen LogP) is -5.40. The predicted molar refractivity (Wildman–Crippen MR) is 68.6 cm³/mol. The van der Waals surface area contributed by atoms with Crippen LogP contribution < -0.4 is 0 Å². The highest BCUT2D eigenvalue weighted by molar-refractivity contribution is 4.98. The zero-order valence-corrected chi connectivity index (χ0v) is 12.0. The van der Waals surface area contributed by atoms with Gasteiger partial charge in [0.1, 0.15) is 42.7 Å². The maximum Gasteiger partial charge on any atom is 0.219 e. The third-order valence-electron chi connectivity index (χ3n) is 4.04. The fourth-order valence-electron chi connectivity index (χ4n) is 2.63. The summed E-state index contributed by atoms with van der Waals surface area (Å²) in [4.78, 5) is 0. The molecule has 136 valence electrons. The van der Waals surface area contributed by atoms with E-state index >= 15 is 0 Å². The molecule has 9 atom stereocenters. The number of aliphatic hydroxyl groups excluding tert-OH is 7. The minimum atomic E-state index is -2.37. The van der Waals surface area contributed by atoms with Crippen LogP contribution in [0.3, 0.4) is 0 Å². The summed E-state index contributed by atoms with van der Waals surface area (Å²) in [5.41, 5.74) is 0. The van der Waals surface area contributed by atoms with Crippen LogP contribution in [0.4, 0.5) is 0 Å². The lowest BCUT2D eigenvalue weighted by Gasteiger charge is -2.41. The van der Waals surface area contributed by atoms with Crippen molar-refractivity contribution in [3.05, 3.63) is 0 Å². The van der Waals surface area contributed by atoms with E-state index in [9.17, 15) is 30.6 Å². The SMILES string of the molecule is OCC1O[C@@H](OC2[C@@H](O)C(O)(CO)O[C@@H]2CO)C(O)C(O)[C@H]1O. The molecule has 2 aliphatic rings. The van der Waals surface area contributed by atoms with Gasteiger partial charge in [0.15, 0.2) is 6.29 Å². The fourth-order valence-corrected chi connectivity index (χ4v) is 2.63. The van der Waals surface area contributed by atoms with Gasteiger partial charge in [-0.2, -0.15) is 0 Å². The maximum absolute atomic E-state index is 10.00. The summed E-state index contributed by atoms with van der Waals surface area (Å²) in [7, 11) is 0. The van der Waals surface area contributed by atoms with Gasteiger partial charge in [-0.25, -0.2) is 0 Å². The van der Waals surface area contributed by atoms with Gasteiger partial charge >= 0.3 is 0 Å². The van der Waals surface area contributed by atoms with Crippen molar-refractivity contribution in [1.82, 2.24) is 0 Å². The summed E-state index contributed by atoms with van der Waals surface area (Å²) in [6.07, 6.45) is -12.2. The maximum atomic E-state index is 10.00. The molecule has 0 spiro atoms. The number of hydrogen-bond donors (Lipinski definition) is 8. The standard InChI is InChI=1S/C12H22O11/c13-1-4-6(16)7(17)8(18)11(21-4)22-9-5(2-14)23-12(20,3-15)10(9)19/h4-11,13-20H,1-3H2/t4?,5-,6+,7?,8?,9?,10-,11+,12?/m1/s1. The molecular formula is C12H22O11. The van der Waals surface area contributed by atoms with E-state index < -0.39 is 74.6 Å². The Morgan fingerprint density at radius 1 is 0.870 bits per heavy atom. The summed E-state index contributed by atoms with van der Waals surface area (Å²) in [6, 6.07) is 0. The molecule has 0 aromatic heterocycles. The van der Waals surface area contributed by atoms with E-state index in [1.165, 1.54) is 0 Å². The van der Waals surface area contributed by atoms with E-state index in [0.717, 1.165) is 0 Å². The van der Waals surface area contributed by atoms with Gasteiger partial charge in [-0.05, 0) is 0 Å².